The smallest absolute Gasteiger partial charge is 0.354 e. The lowest BCUT2D eigenvalue weighted by molar-refractivity contribution is 0.0692. The van der Waals surface area contributed by atoms with E-state index in [1.165, 1.54) is 12.3 Å². The summed E-state index contributed by atoms with van der Waals surface area (Å²) in [7, 11) is -0.979. The van der Waals surface area contributed by atoms with Crippen molar-refractivity contribution < 1.29 is 18.9 Å². The van der Waals surface area contributed by atoms with E-state index in [1.807, 2.05) is 0 Å². The number of H-pyrrole nitrogens is 1. The van der Waals surface area contributed by atoms with Gasteiger partial charge in [0, 0.05) is 35.0 Å². The number of hydrogen-bond donors (Lipinski definition) is 4. The van der Waals surface area contributed by atoms with Crippen molar-refractivity contribution in [3.8, 4) is 0 Å². The van der Waals surface area contributed by atoms with Crippen molar-refractivity contribution in [2.24, 2.45) is 0 Å². The van der Waals surface area contributed by atoms with Gasteiger partial charge >= 0.3 is 12.0 Å². The van der Waals surface area contributed by atoms with Crippen molar-refractivity contribution in [3.05, 3.63) is 17.5 Å². The van der Waals surface area contributed by atoms with Crippen LogP contribution in [0, 0.1) is 6.92 Å². The molecule has 1 aromatic heterocycles. The van der Waals surface area contributed by atoms with Crippen LogP contribution >= 0.6 is 0 Å². The fraction of sp³-hybridized carbons (Fsp3) is 0.400. The fourth-order valence-corrected chi connectivity index (χ4v) is 1.72. The first-order valence-electron chi connectivity index (χ1n) is 5.18. The first-order chi connectivity index (χ1) is 8.40. The van der Waals surface area contributed by atoms with Crippen LogP contribution < -0.4 is 10.6 Å². The van der Waals surface area contributed by atoms with Gasteiger partial charge in [-0.3, -0.25) is 4.21 Å². The zero-order valence-electron chi connectivity index (χ0n) is 10.1. The first kappa shape index (κ1) is 14.2. The summed E-state index contributed by atoms with van der Waals surface area (Å²) in [6.07, 6.45) is 1.54. The van der Waals surface area contributed by atoms with Gasteiger partial charge in [0.15, 0.2) is 0 Å². The van der Waals surface area contributed by atoms with Gasteiger partial charge in [-0.2, -0.15) is 0 Å². The maximum absolute atomic E-state index is 11.5. The van der Waals surface area contributed by atoms with Crippen LogP contribution in [0.3, 0.4) is 0 Å². The average Bonchev–Trinajstić information content (AvgIpc) is 2.58. The number of rotatable bonds is 5. The second kappa shape index (κ2) is 6.20. The largest absolute Gasteiger partial charge is 0.477 e. The number of nitrogens with one attached hydrogen (secondary N) is 3. The van der Waals surface area contributed by atoms with Crippen molar-refractivity contribution in [2.45, 2.75) is 6.92 Å². The lowest BCUT2D eigenvalue weighted by Gasteiger charge is -2.06. The zero-order valence-corrected chi connectivity index (χ0v) is 10.9. The monoisotopic (exact) mass is 273 g/mol. The Labute approximate surface area is 106 Å². The summed E-state index contributed by atoms with van der Waals surface area (Å²) in [5.41, 5.74) is 0.772. The molecule has 0 fully saturated rings. The number of aryl methyl sites for hydroxylation is 1. The van der Waals surface area contributed by atoms with Gasteiger partial charge in [-0.1, -0.05) is 0 Å². The molecule has 0 aliphatic heterocycles. The van der Waals surface area contributed by atoms with E-state index in [0.717, 1.165) is 0 Å². The van der Waals surface area contributed by atoms with Gasteiger partial charge in [0.2, 0.25) is 0 Å². The molecule has 0 bridgehead atoms. The van der Waals surface area contributed by atoms with Gasteiger partial charge in [0.1, 0.15) is 5.69 Å². The third-order valence-corrected chi connectivity index (χ3v) is 2.87. The molecule has 1 aromatic rings. The van der Waals surface area contributed by atoms with Crippen LogP contribution in [0.15, 0.2) is 6.07 Å². The van der Waals surface area contributed by atoms with Gasteiger partial charge in [-0.25, -0.2) is 9.59 Å². The number of carbonyl (C=O) groups excluding carboxylic acids is 1. The summed E-state index contributed by atoms with van der Waals surface area (Å²) in [5.74, 6) is -0.793. The number of anilines is 1. The molecule has 2 amide bonds. The summed E-state index contributed by atoms with van der Waals surface area (Å²) in [4.78, 5) is 25.0. The Morgan fingerprint density at radius 2 is 2.17 bits per heavy atom. The minimum atomic E-state index is -1.15. The quantitative estimate of drug-likeness (QED) is 0.626. The van der Waals surface area contributed by atoms with E-state index < -0.39 is 22.8 Å². The average molecular weight is 273 g/mol. The fourth-order valence-electron chi connectivity index (χ4n) is 1.33. The molecule has 18 heavy (non-hydrogen) atoms. The molecule has 1 heterocycles. The molecule has 4 N–H and O–H groups in total. The van der Waals surface area contributed by atoms with Crippen LogP contribution in [0.1, 0.15) is 16.2 Å². The number of aromatic nitrogens is 1. The highest BCUT2D eigenvalue weighted by molar-refractivity contribution is 7.84. The van der Waals surface area contributed by atoms with Crippen LogP contribution in [-0.4, -0.2) is 44.9 Å². The maximum Gasteiger partial charge on any atom is 0.354 e. The standard InChI is InChI=1S/C10H15N3O4S/c1-6-5-7(8(12-6)9(14)15)13-10(16)11-3-4-18(2)17/h5,12H,3-4H2,1-2H3,(H,14,15)(H2,11,13,16). The third-order valence-electron chi connectivity index (χ3n) is 2.09. The molecule has 1 rings (SSSR count). The van der Waals surface area contributed by atoms with Crippen LogP contribution in [0.25, 0.3) is 0 Å². The van der Waals surface area contributed by atoms with Gasteiger partial charge in [-0.15, -0.1) is 0 Å². The minimum Gasteiger partial charge on any atom is -0.477 e. The van der Waals surface area contributed by atoms with E-state index in [2.05, 4.69) is 15.6 Å². The van der Waals surface area contributed by atoms with Crippen molar-refractivity contribution >= 4 is 28.5 Å². The van der Waals surface area contributed by atoms with Crippen molar-refractivity contribution in [1.29, 1.82) is 0 Å². The van der Waals surface area contributed by atoms with E-state index in [1.54, 1.807) is 6.92 Å². The van der Waals surface area contributed by atoms with Crippen molar-refractivity contribution in [1.82, 2.24) is 10.3 Å². The van der Waals surface area contributed by atoms with Crippen molar-refractivity contribution in [3.63, 3.8) is 0 Å². The molecule has 100 valence electrons. The molecule has 0 aliphatic carbocycles. The minimum absolute atomic E-state index is 0.0679. The Hall–Kier alpha value is -1.83. The number of hydrogen-bond acceptors (Lipinski definition) is 3. The molecule has 0 saturated carbocycles. The third kappa shape index (κ3) is 4.21. The molecule has 0 radical (unpaired) electrons. The molecular formula is C10H15N3O4S. The van der Waals surface area contributed by atoms with Gasteiger partial charge in [0.05, 0.1) is 5.69 Å². The van der Waals surface area contributed by atoms with Gasteiger partial charge < -0.3 is 20.7 Å². The zero-order chi connectivity index (χ0) is 13.7. The van der Waals surface area contributed by atoms with Crippen LogP contribution in [0.2, 0.25) is 0 Å². The predicted molar refractivity (Wildman–Crippen MR) is 68.4 cm³/mol. The molecule has 0 saturated heterocycles. The molecule has 0 aliphatic rings. The van der Waals surface area contributed by atoms with E-state index in [0.29, 0.717) is 11.4 Å². The Bertz CT molecular complexity index is 483. The van der Waals surface area contributed by atoms with Crippen LogP contribution in [-0.2, 0) is 10.8 Å². The lowest BCUT2D eigenvalue weighted by Crippen LogP contribution is -2.32. The Morgan fingerprint density at radius 1 is 1.50 bits per heavy atom. The summed E-state index contributed by atoms with van der Waals surface area (Å²) < 4.78 is 10.8. The number of carbonyl (C=O) groups is 2. The second-order valence-corrected chi connectivity index (χ2v) is 5.26. The molecule has 1 unspecified atom stereocenters. The molecule has 7 nitrogen and oxygen atoms in total. The highest BCUT2D eigenvalue weighted by atomic mass is 32.2. The maximum atomic E-state index is 11.5. The number of aromatic amines is 1. The number of carboxylic acids is 1. The van der Waals surface area contributed by atoms with E-state index in [4.69, 9.17) is 5.11 Å². The lowest BCUT2D eigenvalue weighted by atomic mass is 10.3. The van der Waals surface area contributed by atoms with Gasteiger partial charge in [-0.05, 0) is 13.0 Å². The Kier molecular flexibility index (Phi) is 4.90. The molecule has 8 heteroatoms. The number of amides is 2. The number of carboxylic acid groups (broad SMARTS) is 1. The van der Waals surface area contributed by atoms with E-state index in [9.17, 15) is 13.8 Å². The Morgan fingerprint density at radius 3 is 2.72 bits per heavy atom. The first-order valence-corrected chi connectivity index (χ1v) is 6.90. The number of aromatic carboxylic acids is 1. The molecule has 0 spiro atoms. The van der Waals surface area contributed by atoms with Crippen molar-refractivity contribution in [2.75, 3.05) is 23.9 Å². The van der Waals surface area contributed by atoms with Gasteiger partial charge in [0.25, 0.3) is 0 Å². The highest BCUT2D eigenvalue weighted by Crippen LogP contribution is 2.16. The second-order valence-electron chi connectivity index (χ2n) is 3.70. The van der Waals surface area contributed by atoms with E-state index >= 15 is 0 Å². The summed E-state index contributed by atoms with van der Waals surface area (Å²) in [6.45, 7) is 1.95. The van der Waals surface area contributed by atoms with E-state index in [-0.39, 0.29) is 17.9 Å². The Balaban J connectivity index is 2.59. The molecule has 1 atom stereocenters. The summed E-state index contributed by atoms with van der Waals surface area (Å²) in [5, 5.41) is 13.8. The molecule has 0 aromatic carbocycles. The topological polar surface area (TPSA) is 111 Å². The normalized spacial score (nSPS) is 11.9. The van der Waals surface area contributed by atoms with Crippen LogP contribution in [0.4, 0.5) is 10.5 Å². The number of urea groups is 1. The SMILES string of the molecule is Cc1cc(NC(=O)NCCS(C)=O)c(C(=O)O)[nH]1. The summed E-state index contributed by atoms with van der Waals surface area (Å²) in [6, 6.07) is 1.00. The van der Waals surface area contributed by atoms with Crippen LogP contribution in [0.5, 0.6) is 0 Å². The summed E-state index contributed by atoms with van der Waals surface area (Å²) >= 11 is 0. The highest BCUT2D eigenvalue weighted by Gasteiger charge is 2.14. The predicted octanol–water partition coefficient (Wildman–Crippen LogP) is 0.521. The molecular weight excluding hydrogens is 258 g/mol.